The van der Waals surface area contributed by atoms with Gasteiger partial charge in [0.05, 0.1) is 0 Å². The third-order valence-corrected chi connectivity index (χ3v) is 2.88. The van der Waals surface area contributed by atoms with Crippen molar-refractivity contribution in [2.45, 2.75) is 26.2 Å². The molecular formula is C13H16NO. The van der Waals surface area contributed by atoms with Crippen molar-refractivity contribution >= 4 is 5.91 Å². The molecule has 0 aromatic heterocycles. The van der Waals surface area contributed by atoms with Crippen LogP contribution in [0.4, 0.5) is 0 Å². The van der Waals surface area contributed by atoms with E-state index in [9.17, 15) is 4.79 Å². The van der Waals surface area contributed by atoms with Crippen molar-refractivity contribution in [2.24, 2.45) is 0 Å². The van der Waals surface area contributed by atoms with Crippen molar-refractivity contribution < 1.29 is 4.79 Å². The molecule has 1 aromatic rings. The highest BCUT2D eigenvalue weighted by atomic mass is 16.2. The van der Waals surface area contributed by atoms with Gasteiger partial charge in [0, 0.05) is 18.7 Å². The first-order valence-electron chi connectivity index (χ1n) is 5.61. The molecule has 0 aliphatic carbocycles. The minimum atomic E-state index is 0.177. The summed E-state index contributed by atoms with van der Waals surface area (Å²) in [6.07, 6.45) is 3.22. The zero-order valence-corrected chi connectivity index (χ0v) is 9.12. The minimum absolute atomic E-state index is 0.177. The number of benzene rings is 1. The lowest BCUT2D eigenvalue weighted by molar-refractivity contribution is 0.0792. The summed E-state index contributed by atoms with van der Waals surface area (Å²) in [4.78, 5) is 14.0. The molecule has 0 bridgehead atoms. The Morgan fingerprint density at radius 1 is 1.47 bits per heavy atom. The molecule has 1 aliphatic heterocycles. The van der Waals surface area contributed by atoms with E-state index in [0.717, 1.165) is 43.5 Å². The van der Waals surface area contributed by atoms with Crippen LogP contribution in [-0.4, -0.2) is 23.9 Å². The van der Waals surface area contributed by atoms with Gasteiger partial charge in [0.15, 0.2) is 0 Å². The predicted molar refractivity (Wildman–Crippen MR) is 59.8 cm³/mol. The Morgan fingerprint density at radius 3 is 2.87 bits per heavy atom. The quantitative estimate of drug-likeness (QED) is 0.720. The van der Waals surface area contributed by atoms with Crippen molar-refractivity contribution in [3.8, 4) is 0 Å². The lowest BCUT2D eigenvalue weighted by Crippen LogP contribution is -2.27. The lowest BCUT2D eigenvalue weighted by atomic mass is 10.1. The molecule has 0 atom stereocenters. The summed E-state index contributed by atoms with van der Waals surface area (Å²) in [5, 5.41) is 0. The van der Waals surface area contributed by atoms with Crippen LogP contribution < -0.4 is 0 Å². The monoisotopic (exact) mass is 202 g/mol. The van der Waals surface area contributed by atoms with E-state index in [1.54, 1.807) is 0 Å². The van der Waals surface area contributed by atoms with Gasteiger partial charge in [-0.1, -0.05) is 13.0 Å². The standard InChI is InChI=1S/C13H16NO/c1-2-11-6-5-7-12(10-11)13(15)14-8-3-4-9-14/h5,7,10H,2-4,8-9H2,1H3. The van der Waals surface area contributed by atoms with Gasteiger partial charge in [0.2, 0.25) is 0 Å². The molecule has 1 aromatic carbocycles. The van der Waals surface area contributed by atoms with E-state index in [4.69, 9.17) is 0 Å². The zero-order chi connectivity index (χ0) is 10.7. The molecule has 0 unspecified atom stereocenters. The van der Waals surface area contributed by atoms with Gasteiger partial charge in [-0.05, 0) is 43.0 Å². The first kappa shape index (κ1) is 10.2. The third-order valence-electron chi connectivity index (χ3n) is 2.88. The smallest absolute Gasteiger partial charge is 0.253 e. The van der Waals surface area contributed by atoms with Crippen LogP contribution in [0.5, 0.6) is 0 Å². The van der Waals surface area contributed by atoms with E-state index in [1.807, 2.05) is 23.1 Å². The number of nitrogens with zero attached hydrogens (tertiary/aromatic N) is 1. The van der Waals surface area contributed by atoms with Crippen molar-refractivity contribution in [1.29, 1.82) is 0 Å². The summed E-state index contributed by atoms with van der Waals surface area (Å²) in [6.45, 7) is 3.91. The van der Waals surface area contributed by atoms with Crippen LogP contribution in [0.3, 0.4) is 0 Å². The van der Waals surface area contributed by atoms with Gasteiger partial charge in [0.25, 0.3) is 5.91 Å². The second-order valence-corrected chi connectivity index (χ2v) is 3.96. The molecule has 1 radical (unpaired) electrons. The molecule has 2 heteroatoms. The normalized spacial score (nSPS) is 15.7. The molecule has 1 aliphatic rings. The number of likely N-dealkylation sites (tertiary alicyclic amines) is 1. The fraction of sp³-hybridized carbons (Fsp3) is 0.462. The Hall–Kier alpha value is -1.31. The molecule has 0 N–H and O–H groups in total. The Balaban J connectivity index is 2.17. The fourth-order valence-electron chi connectivity index (χ4n) is 1.96. The Morgan fingerprint density at radius 2 is 2.20 bits per heavy atom. The van der Waals surface area contributed by atoms with Gasteiger partial charge in [-0.3, -0.25) is 4.79 Å². The maximum atomic E-state index is 12.0. The van der Waals surface area contributed by atoms with E-state index >= 15 is 0 Å². The van der Waals surface area contributed by atoms with E-state index in [-0.39, 0.29) is 5.91 Å². The summed E-state index contributed by atoms with van der Waals surface area (Å²) in [5.74, 6) is 0.177. The van der Waals surface area contributed by atoms with Gasteiger partial charge in [-0.15, -0.1) is 0 Å². The molecule has 1 amide bonds. The van der Waals surface area contributed by atoms with Crippen LogP contribution in [0.1, 0.15) is 35.7 Å². The van der Waals surface area contributed by atoms with E-state index in [0.29, 0.717) is 0 Å². The summed E-state index contributed by atoms with van der Waals surface area (Å²) >= 11 is 0. The maximum Gasteiger partial charge on any atom is 0.253 e. The molecule has 0 saturated carbocycles. The number of carbonyl (C=O) groups is 1. The van der Waals surface area contributed by atoms with Crippen LogP contribution in [0.15, 0.2) is 18.2 Å². The topological polar surface area (TPSA) is 20.3 Å². The molecule has 1 heterocycles. The number of hydrogen-bond donors (Lipinski definition) is 0. The SMILES string of the molecule is CCc1[c]ccc(C(=O)N2CCCC2)c1. The Bertz CT molecular complexity index is 353. The van der Waals surface area contributed by atoms with Gasteiger partial charge >= 0.3 is 0 Å². The summed E-state index contributed by atoms with van der Waals surface area (Å²) in [7, 11) is 0. The average molecular weight is 202 g/mol. The van der Waals surface area contributed by atoms with E-state index in [1.165, 1.54) is 0 Å². The second kappa shape index (κ2) is 4.47. The first-order chi connectivity index (χ1) is 7.31. The summed E-state index contributed by atoms with van der Waals surface area (Å²) < 4.78 is 0. The highest BCUT2D eigenvalue weighted by Gasteiger charge is 2.19. The van der Waals surface area contributed by atoms with E-state index < -0.39 is 0 Å². The van der Waals surface area contributed by atoms with Crippen LogP contribution in [0.2, 0.25) is 0 Å². The molecule has 15 heavy (non-hydrogen) atoms. The molecular weight excluding hydrogens is 186 g/mol. The van der Waals surface area contributed by atoms with Crippen LogP contribution >= 0.6 is 0 Å². The highest BCUT2D eigenvalue weighted by Crippen LogP contribution is 2.13. The number of rotatable bonds is 2. The Kier molecular flexibility index (Phi) is 3.05. The highest BCUT2D eigenvalue weighted by molar-refractivity contribution is 5.94. The van der Waals surface area contributed by atoms with Crippen molar-refractivity contribution in [3.63, 3.8) is 0 Å². The molecule has 1 saturated heterocycles. The van der Waals surface area contributed by atoms with Gasteiger partial charge in [-0.25, -0.2) is 0 Å². The number of aryl methyl sites for hydroxylation is 1. The minimum Gasteiger partial charge on any atom is -0.339 e. The molecule has 2 nitrogen and oxygen atoms in total. The first-order valence-corrected chi connectivity index (χ1v) is 5.61. The fourth-order valence-corrected chi connectivity index (χ4v) is 1.96. The van der Waals surface area contributed by atoms with Crippen molar-refractivity contribution in [1.82, 2.24) is 4.90 Å². The molecule has 79 valence electrons. The summed E-state index contributed by atoms with van der Waals surface area (Å²) in [6, 6.07) is 8.80. The number of hydrogen-bond acceptors (Lipinski definition) is 1. The second-order valence-electron chi connectivity index (χ2n) is 3.96. The van der Waals surface area contributed by atoms with Crippen molar-refractivity contribution in [2.75, 3.05) is 13.1 Å². The van der Waals surface area contributed by atoms with Crippen LogP contribution in [0.25, 0.3) is 0 Å². The largest absolute Gasteiger partial charge is 0.339 e. The van der Waals surface area contributed by atoms with Gasteiger partial charge in [0.1, 0.15) is 0 Å². The van der Waals surface area contributed by atoms with Gasteiger partial charge < -0.3 is 4.90 Å². The lowest BCUT2D eigenvalue weighted by Gasteiger charge is -2.15. The Labute approximate surface area is 90.9 Å². The number of amides is 1. The van der Waals surface area contributed by atoms with Crippen LogP contribution in [-0.2, 0) is 6.42 Å². The maximum absolute atomic E-state index is 12.0. The average Bonchev–Trinajstić information content (AvgIpc) is 2.81. The molecule has 0 spiro atoms. The number of carbonyl (C=O) groups excluding carboxylic acids is 1. The van der Waals surface area contributed by atoms with Crippen molar-refractivity contribution in [3.05, 3.63) is 35.4 Å². The zero-order valence-electron chi connectivity index (χ0n) is 9.12. The van der Waals surface area contributed by atoms with Crippen LogP contribution in [0, 0.1) is 6.07 Å². The summed E-state index contributed by atoms with van der Waals surface area (Å²) in [5.41, 5.74) is 1.92. The van der Waals surface area contributed by atoms with E-state index in [2.05, 4.69) is 13.0 Å². The predicted octanol–water partition coefficient (Wildman–Crippen LogP) is 2.29. The van der Waals surface area contributed by atoms with Gasteiger partial charge in [-0.2, -0.15) is 0 Å². The molecule has 2 rings (SSSR count). The third kappa shape index (κ3) is 2.20. The molecule has 1 fully saturated rings.